The van der Waals surface area contributed by atoms with Crippen LogP contribution in [0, 0.1) is 5.82 Å². The summed E-state index contributed by atoms with van der Waals surface area (Å²) >= 11 is 0. The maximum Gasteiger partial charge on any atom is 0.501 e. The summed E-state index contributed by atoms with van der Waals surface area (Å²) in [6.45, 7) is 1.89. The molecule has 1 aliphatic rings. The Morgan fingerprint density at radius 1 is 1.12 bits per heavy atom. The second-order valence-electron chi connectivity index (χ2n) is 7.47. The van der Waals surface area contributed by atoms with Crippen molar-refractivity contribution in [2.75, 3.05) is 20.2 Å². The van der Waals surface area contributed by atoms with E-state index in [0.717, 1.165) is 29.8 Å². The van der Waals surface area contributed by atoms with E-state index in [4.69, 9.17) is 4.74 Å². The number of carbonyl (C=O) groups is 1. The van der Waals surface area contributed by atoms with Gasteiger partial charge in [-0.15, -0.1) is 0 Å². The predicted octanol–water partition coefficient (Wildman–Crippen LogP) is 3.52. The van der Waals surface area contributed by atoms with E-state index in [2.05, 4.69) is 10.2 Å². The average Bonchev–Trinajstić information content (AvgIpc) is 2.74. The smallest absolute Gasteiger partial charge is 0.494 e. The van der Waals surface area contributed by atoms with Crippen LogP contribution in [0.2, 0.25) is 0 Å². The van der Waals surface area contributed by atoms with E-state index in [1.165, 1.54) is 13.2 Å². The standard InChI is InChI=1S/C21H22F4N2O4S/c1-31-19-7-2-14(12-18(19)22)13-27-10-8-16(9-11-27)26-20(28)15-3-5-17(6-4-15)32(29,30)21(23,24)25/h2-7,12,16H,8-11,13H2,1H3,(H,26,28). The molecule has 3 rings (SSSR count). The van der Waals surface area contributed by atoms with Gasteiger partial charge in [-0.1, -0.05) is 6.07 Å². The summed E-state index contributed by atoms with van der Waals surface area (Å²) in [5.74, 6) is -0.739. The predicted molar refractivity (Wildman–Crippen MR) is 108 cm³/mol. The quantitative estimate of drug-likeness (QED) is 0.649. The van der Waals surface area contributed by atoms with Crippen LogP contribution >= 0.6 is 0 Å². The zero-order valence-corrected chi connectivity index (χ0v) is 18.0. The lowest BCUT2D eigenvalue weighted by molar-refractivity contribution is -0.0436. The number of piperidine rings is 1. The van der Waals surface area contributed by atoms with Crippen LogP contribution in [0.5, 0.6) is 5.75 Å². The van der Waals surface area contributed by atoms with E-state index in [9.17, 15) is 30.8 Å². The van der Waals surface area contributed by atoms with Gasteiger partial charge in [0.1, 0.15) is 0 Å². The lowest BCUT2D eigenvalue weighted by Gasteiger charge is -2.32. The molecule has 1 saturated heterocycles. The molecule has 11 heteroatoms. The number of halogens is 4. The summed E-state index contributed by atoms with van der Waals surface area (Å²) in [4.78, 5) is 13.6. The largest absolute Gasteiger partial charge is 0.501 e. The Bertz CT molecular complexity index is 1060. The van der Waals surface area contributed by atoms with E-state index < -0.39 is 32.0 Å². The van der Waals surface area contributed by atoms with Crippen LogP contribution in [0.15, 0.2) is 47.4 Å². The molecule has 1 fully saturated rings. The summed E-state index contributed by atoms with van der Waals surface area (Å²) in [5, 5.41) is 2.82. The molecule has 32 heavy (non-hydrogen) atoms. The summed E-state index contributed by atoms with van der Waals surface area (Å²) in [7, 11) is -4.05. The highest BCUT2D eigenvalue weighted by Gasteiger charge is 2.46. The third kappa shape index (κ3) is 5.39. The summed E-state index contributed by atoms with van der Waals surface area (Å²) < 4.78 is 79.4. The van der Waals surface area contributed by atoms with Gasteiger partial charge in [-0.25, -0.2) is 12.8 Å². The first kappa shape index (κ1) is 24.0. The minimum atomic E-state index is -5.45. The minimum absolute atomic E-state index is 0.0715. The van der Waals surface area contributed by atoms with Gasteiger partial charge in [0.05, 0.1) is 12.0 Å². The molecule has 0 bridgehead atoms. The molecular formula is C21H22F4N2O4S. The maximum absolute atomic E-state index is 13.8. The van der Waals surface area contributed by atoms with Crippen LogP contribution in [-0.4, -0.2) is 51.0 Å². The summed E-state index contributed by atoms with van der Waals surface area (Å²) in [6.07, 6.45) is 1.29. The Balaban J connectivity index is 1.53. The van der Waals surface area contributed by atoms with Crippen LogP contribution < -0.4 is 10.1 Å². The number of rotatable bonds is 6. The zero-order chi connectivity index (χ0) is 23.5. The molecule has 1 aliphatic heterocycles. The molecule has 0 spiro atoms. The topological polar surface area (TPSA) is 75.7 Å². The van der Waals surface area contributed by atoms with Gasteiger partial charge in [-0.2, -0.15) is 13.2 Å². The molecule has 1 amide bonds. The van der Waals surface area contributed by atoms with E-state index >= 15 is 0 Å². The molecule has 174 valence electrons. The number of carbonyl (C=O) groups excluding carboxylic acids is 1. The number of amides is 1. The number of nitrogens with one attached hydrogen (secondary N) is 1. The number of sulfone groups is 1. The van der Waals surface area contributed by atoms with Crippen molar-refractivity contribution >= 4 is 15.7 Å². The second kappa shape index (κ2) is 9.45. The number of nitrogens with zero attached hydrogens (tertiary/aromatic N) is 1. The Labute approximate surface area is 183 Å². The van der Waals surface area contributed by atoms with Gasteiger partial charge in [0, 0.05) is 31.2 Å². The first-order valence-electron chi connectivity index (χ1n) is 9.78. The average molecular weight is 474 g/mol. The molecule has 6 nitrogen and oxygen atoms in total. The normalized spacial score (nSPS) is 16.0. The fourth-order valence-electron chi connectivity index (χ4n) is 3.49. The summed E-state index contributed by atoms with van der Waals surface area (Å²) in [5.41, 5.74) is -4.52. The number of hydrogen-bond acceptors (Lipinski definition) is 5. The van der Waals surface area contributed by atoms with Crippen LogP contribution in [0.1, 0.15) is 28.8 Å². The molecule has 0 radical (unpaired) electrons. The van der Waals surface area contributed by atoms with E-state index in [-0.39, 0.29) is 17.4 Å². The van der Waals surface area contributed by atoms with Gasteiger partial charge in [0.25, 0.3) is 15.7 Å². The van der Waals surface area contributed by atoms with Crippen LogP contribution in [-0.2, 0) is 16.4 Å². The van der Waals surface area contributed by atoms with Crippen molar-refractivity contribution in [2.45, 2.75) is 35.8 Å². The maximum atomic E-state index is 13.8. The van der Waals surface area contributed by atoms with E-state index in [1.54, 1.807) is 12.1 Å². The molecule has 2 aromatic rings. The number of likely N-dealkylation sites (tertiary alicyclic amines) is 1. The zero-order valence-electron chi connectivity index (χ0n) is 17.2. The molecule has 0 atom stereocenters. The third-order valence-electron chi connectivity index (χ3n) is 5.28. The summed E-state index contributed by atoms with van der Waals surface area (Å²) in [6, 6.07) is 8.31. The fourth-order valence-corrected chi connectivity index (χ4v) is 4.25. The van der Waals surface area contributed by atoms with Crippen molar-refractivity contribution in [3.8, 4) is 5.75 Å². The highest BCUT2D eigenvalue weighted by atomic mass is 32.2. The highest BCUT2D eigenvalue weighted by molar-refractivity contribution is 7.92. The molecule has 1 N–H and O–H groups in total. The van der Waals surface area contributed by atoms with Crippen molar-refractivity contribution in [1.29, 1.82) is 0 Å². The molecule has 0 aliphatic carbocycles. The SMILES string of the molecule is COc1ccc(CN2CCC(NC(=O)c3ccc(S(=O)(=O)C(F)(F)F)cc3)CC2)cc1F. The molecule has 2 aromatic carbocycles. The molecule has 0 saturated carbocycles. The monoisotopic (exact) mass is 474 g/mol. The van der Waals surface area contributed by atoms with Gasteiger partial charge in [-0.3, -0.25) is 9.69 Å². The molecule has 0 aromatic heterocycles. The van der Waals surface area contributed by atoms with Gasteiger partial charge in [0.15, 0.2) is 11.6 Å². The molecule has 0 unspecified atom stereocenters. The van der Waals surface area contributed by atoms with Gasteiger partial charge in [-0.05, 0) is 54.8 Å². The number of benzene rings is 2. The van der Waals surface area contributed by atoms with Crippen LogP contribution in [0.4, 0.5) is 17.6 Å². The Morgan fingerprint density at radius 3 is 2.28 bits per heavy atom. The number of methoxy groups -OCH3 is 1. The van der Waals surface area contributed by atoms with Crippen molar-refractivity contribution in [3.05, 3.63) is 59.4 Å². The van der Waals surface area contributed by atoms with E-state index in [0.29, 0.717) is 32.5 Å². The number of hydrogen-bond donors (Lipinski definition) is 1. The third-order valence-corrected chi connectivity index (χ3v) is 6.78. The lowest BCUT2D eigenvalue weighted by Crippen LogP contribution is -2.44. The van der Waals surface area contributed by atoms with Gasteiger partial charge >= 0.3 is 5.51 Å². The number of ether oxygens (including phenoxy) is 1. The fraction of sp³-hybridized carbons (Fsp3) is 0.381. The van der Waals surface area contributed by atoms with Gasteiger partial charge < -0.3 is 10.1 Å². The minimum Gasteiger partial charge on any atom is -0.494 e. The van der Waals surface area contributed by atoms with Crippen LogP contribution in [0.25, 0.3) is 0 Å². The first-order valence-corrected chi connectivity index (χ1v) is 11.3. The second-order valence-corrected chi connectivity index (χ2v) is 9.41. The van der Waals surface area contributed by atoms with Gasteiger partial charge in [0.2, 0.25) is 0 Å². The van der Waals surface area contributed by atoms with Crippen LogP contribution in [0.3, 0.4) is 0 Å². The van der Waals surface area contributed by atoms with Crippen molar-refractivity contribution in [1.82, 2.24) is 10.2 Å². The van der Waals surface area contributed by atoms with Crippen molar-refractivity contribution in [2.24, 2.45) is 0 Å². The van der Waals surface area contributed by atoms with Crippen molar-refractivity contribution < 1.29 is 35.5 Å². The Hall–Kier alpha value is -2.66. The molecular weight excluding hydrogens is 452 g/mol. The lowest BCUT2D eigenvalue weighted by atomic mass is 10.0. The van der Waals surface area contributed by atoms with E-state index in [1.807, 2.05) is 0 Å². The van der Waals surface area contributed by atoms with Crippen molar-refractivity contribution in [3.63, 3.8) is 0 Å². The molecule has 1 heterocycles. The Morgan fingerprint density at radius 2 is 1.75 bits per heavy atom. The Kier molecular flexibility index (Phi) is 7.09. The highest BCUT2D eigenvalue weighted by Crippen LogP contribution is 2.30. The first-order chi connectivity index (χ1) is 15.0. The number of alkyl halides is 3.